The molecule has 0 unspecified atom stereocenters. The van der Waals surface area contributed by atoms with E-state index < -0.39 is 0 Å². The van der Waals surface area contributed by atoms with Crippen LogP contribution in [0.1, 0.15) is 0 Å². The summed E-state index contributed by atoms with van der Waals surface area (Å²) < 4.78 is 14.2. The highest BCUT2D eigenvalue weighted by Crippen LogP contribution is 2.31. The number of methoxy groups -OCH3 is 1. The van der Waals surface area contributed by atoms with Gasteiger partial charge in [0, 0.05) is 15.4 Å². The third kappa shape index (κ3) is 3.19. The van der Waals surface area contributed by atoms with E-state index in [9.17, 15) is 0 Å². The molecule has 0 radical (unpaired) electrons. The SMILES string of the molecule is COc1ccc(Oc2nc3ccccc3c3nnc(-c4ccc(Br)cc4)n23)cc1. The second-order valence-corrected chi connectivity index (χ2v) is 7.29. The van der Waals surface area contributed by atoms with E-state index in [1.165, 1.54) is 0 Å². The summed E-state index contributed by atoms with van der Waals surface area (Å²) >= 11 is 3.47. The zero-order valence-corrected chi connectivity index (χ0v) is 17.0. The molecule has 0 aliphatic heterocycles. The van der Waals surface area contributed by atoms with Gasteiger partial charge in [-0.05, 0) is 48.5 Å². The molecule has 0 saturated carbocycles. The molecule has 0 bridgehead atoms. The predicted molar refractivity (Wildman–Crippen MR) is 114 cm³/mol. The van der Waals surface area contributed by atoms with Gasteiger partial charge >= 0.3 is 6.01 Å². The van der Waals surface area contributed by atoms with Crippen LogP contribution in [0.5, 0.6) is 17.5 Å². The Balaban J connectivity index is 1.72. The van der Waals surface area contributed by atoms with Crippen molar-refractivity contribution in [3.8, 4) is 28.9 Å². The van der Waals surface area contributed by atoms with Crippen molar-refractivity contribution < 1.29 is 9.47 Å². The normalized spacial score (nSPS) is 11.1. The fourth-order valence-electron chi connectivity index (χ4n) is 3.16. The minimum absolute atomic E-state index is 0.395. The maximum atomic E-state index is 6.15. The van der Waals surface area contributed by atoms with E-state index in [2.05, 4.69) is 26.1 Å². The Labute approximate surface area is 174 Å². The van der Waals surface area contributed by atoms with Crippen LogP contribution in [0.25, 0.3) is 27.9 Å². The molecular formula is C22H15BrN4O2. The van der Waals surface area contributed by atoms with Gasteiger partial charge in [-0.25, -0.2) is 4.40 Å². The first kappa shape index (κ1) is 17.6. The highest BCUT2D eigenvalue weighted by atomic mass is 79.9. The summed E-state index contributed by atoms with van der Waals surface area (Å²) in [5, 5.41) is 9.78. The molecule has 6 nitrogen and oxygen atoms in total. The van der Waals surface area contributed by atoms with Gasteiger partial charge in [0.15, 0.2) is 11.5 Å². The van der Waals surface area contributed by atoms with Crippen molar-refractivity contribution in [1.29, 1.82) is 0 Å². The summed E-state index contributed by atoms with van der Waals surface area (Å²) in [6.45, 7) is 0. The lowest BCUT2D eigenvalue weighted by atomic mass is 10.2. The Hall–Kier alpha value is -3.45. The lowest BCUT2D eigenvalue weighted by Crippen LogP contribution is -2.00. The van der Waals surface area contributed by atoms with Crippen molar-refractivity contribution in [2.45, 2.75) is 0 Å². The van der Waals surface area contributed by atoms with Gasteiger partial charge in [0.25, 0.3) is 0 Å². The molecule has 0 aliphatic rings. The second-order valence-electron chi connectivity index (χ2n) is 6.38. The van der Waals surface area contributed by atoms with E-state index >= 15 is 0 Å². The average Bonchev–Trinajstić information content (AvgIpc) is 3.21. The fourth-order valence-corrected chi connectivity index (χ4v) is 3.42. The number of para-hydroxylation sites is 1. The van der Waals surface area contributed by atoms with Gasteiger partial charge in [-0.15, -0.1) is 10.2 Å². The van der Waals surface area contributed by atoms with Gasteiger partial charge in [0.2, 0.25) is 0 Å². The van der Waals surface area contributed by atoms with E-state index in [0.29, 0.717) is 23.2 Å². The van der Waals surface area contributed by atoms with Crippen molar-refractivity contribution in [3.05, 3.63) is 77.3 Å². The number of ether oxygens (including phenoxy) is 2. The Morgan fingerprint density at radius 1 is 0.828 bits per heavy atom. The molecule has 7 heteroatoms. The molecule has 2 aromatic heterocycles. The Bertz CT molecular complexity index is 1320. The summed E-state index contributed by atoms with van der Waals surface area (Å²) in [7, 11) is 1.63. The predicted octanol–water partition coefficient (Wildman–Crippen LogP) is 5.51. The number of halogens is 1. The molecule has 5 rings (SSSR count). The molecular weight excluding hydrogens is 432 g/mol. The third-order valence-electron chi connectivity index (χ3n) is 4.59. The van der Waals surface area contributed by atoms with Crippen molar-refractivity contribution >= 4 is 32.5 Å². The second kappa shape index (κ2) is 7.18. The number of benzene rings is 3. The topological polar surface area (TPSA) is 61.5 Å². The lowest BCUT2D eigenvalue weighted by molar-refractivity contribution is 0.410. The standard InChI is InChI=1S/C22H15BrN4O2/c1-28-16-10-12-17(13-11-16)29-22-24-19-5-3-2-4-18(19)21-26-25-20(27(21)22)14-6-8-15(23)9-7-14/h2-13H,1H3. The number of rotatable bonds is 4. The number of nitrogens with zero attached hydrogens (tertiary/aromatic N) is 4. The van der Waals surface area contributed by atoms with Crippen LogP contribution in [0, 0.1) is 0 Å². The van der Waals surface area contributed by atoms with Crippen LogP contribution >= 0.6 is 15.9 Å². The highest BCUT2D eigenvalue weighted by Gasteiger charge is 2.18. The lowest BCUT2D eigenvalue weighted by Gasteiger charge is -2.11. The van der Waals surface area contributed by atoms with Gasteiger partial charge < -0.3 is 9.47 Å². The maximum Gasteiger partial charge on any atom is 0.310 e. The largest absolute Gasteiger partial charge is 0.497 e. The number of aromatic nitrogens is 4. The van der Waals surface area contributed by atoms with Crippen molar-refractivity contribution in [2.24, 2.45) is 0 Å². The molecule has 0 fully saturated rings. The van der Waals surface area contributed by atoms with Crippen LogP contribution in [-0.4, -0.2) is 26.7 Å². The van der Waals surface area contributed by atoms with Crippen molar-refractivity contribution in [3.63, 3.8) is 0 Å². The monoisotopic (exact) mass is 446 g/mol. The smallest absolute Gasteiger partial charge is 0.310 e. The van der Waals surface area contributed by atoms with E-state index in [0.717, 1.165) is 26.7 Å². The summed E-state index contributed by atoms with van der Waals surface area (Å²) in [6, 6.07) is 23.5. The van der Waals surface area contributed by atoms with Gasteiger partial charge in [-0.2, -0.15) is 4.98 Å². The first-order chi connectivity index (χ1) is 14.2. The summed E-state index contributed by atoms with van der Waals surface area (Å²) in [5.41, 5.74) is 2.40. The van der Waals surface area contributed by atoms with E-state index in [1.54, 1.807) is 7.11 Å². The highest BCUT2D eigenvalue weighted by molar-refractivity contribution is 9.10. The molecule has 0 atom stereocenters. The quantitative estimate of drug-likeness (QED) is 0.364. The van der Waals surface area contributed by atoms with Crippen LogP contribution < -0.4 is 9.47 Å². The number of hydrogen-bond acceptors (Lipinski definition) is 5. The fraction of sp³-hybridized carbons (Fsp3) is 0.0455. The van der Waals surface area contributed by atoms with Gasteiger partial charge in [0.1, 0.15) is 11.5 Å². The van der Waals surface area contributed by atoms with E-state index in [1.807, 2.05) is 77.2 Å². The third-order valence-corrected chi connectivity index (χ3v) is 5.12. The van der Waals surface area contributed by atoms with Crippen LogP contribution in [0.2, 0.25) is 0 Å². The van der Waals surface area contributed by atoms with E-state index in [4.69, 9.17) is 14.5 Å². The van der Waals surface area contributed by atoms with Crippen molar-refractivity contribution in [1.82, 2.24) is 19.6 Å². The molecule has 2 heterocycles. The molecule has 29 heavy (non-hydrogen) atoms. The van der Waals surface area contributed by atoms with Crippen molar-refractivity contribution in [2.75, 3.05) is 7.11 Å². The zero-order chi connectivity index (χ0) is 19.8. The summed E-state index contributed by atoms with van der Waals surface area (Å²) in [6.07, 6.45) is 0. The van der Waals surface area contributed by atoms with Crippen LogP contribution in [0.3, 0.4) is 0 Å². The molecule has 0 amide bonds. The minimum Gasteiger partial charge on any atom is -0.497 e. The molecule has 142 valence electrons. The molecule has 3 aromatic carbocycles. The molecule has 5 aromatic rings. The average molecular weight is 447 g/mol. The first-order valence-corrected chi connectivity index (χ1v) is 9.74. The summed E-state index contributed by atoms with van der Waals surface area (Å²) in [4.78, 5) is 4.74. The molecule has 0 spiro atoms. The molecule has 0 N–H and O–H groups in total. The van der Waals surface area contributed by atoms with Gasteiger partial charge in [-0.3, -0.25) is 0 Å². The number of fused-ring (bicyclic) bond motifs is 3. The Morgan fingerprint density at radius 2 is 1.55 bits per heavy atom. The van der Waals surface area contributed by atoms with Crippen LogP contribution in [0.4, 0.5) is 0 Å². The van der Waals surface area contributed by atoms with Gasteiger partial charge in [-0.1, -0.05) is 40.2 Å². The van der Waals surface area contributed by atoms with Crippen LogP contribution in [0.15, 0.2) is 77.3 Å². The zero-order valence-electron chi connectivity index (χ0n) is 15.4. The van der Waals surface area contributed by atoms with Gasteiger partial charge in [0.05, 0.1) is 12.6 Å². The minimum atomic E-state index is 0.395. The molecule has 0 aliphatic carbocycles. The first-order valence-electron chi connectivity index (χ1n) is 8.94. The Kier molecular flexibility index (Phi) is 4.37. The Morgan fingerprint density at radius 3 is 2.31 bits per heavy atom. The number of hydrogen-bond donors (Lipinski definition) is 0. The van der Waals surface area contributed by atoms with Crippen LogP contribution in [-0.2, 0) is 0 Å². The molecule has 0 saturated heterocycles. The summed E-state index contributed by atoms with van der Waals surface area (Å²) in [5.74, 6) is 2.06. The maximum absolute atomic E-state index is 6.15. The van der Waals surface area contributed by atoms with E-state index in [-0.39, 0.29) is 0 Å².